The molecule has 2 amide bonds. The van der Waals surface area contributed by atoms with Crippen LogP contribution in [-0.2, 0) is 9.53 Å². The van der Waals surface area contributed by atoms with E-state index in [1.165, 1.54) is 50.6 Å². The molecule has 0 saturated heterocycles. The first-order valence-corrected chi connectivity index (χ1v) is 7.21. The minimum Gasteiger partial charge on any atom is -0.465 e. The summed E-state index contributed by atoms with van der Waals surface area (Å²) in [5, 5.41) is 5.37. The number of benzene rings is 1. The summed E-state index contributed by atoms with van der Waals surface area (Å²) in [5.41, 5.74) is 0.793. The third-order valence-corrected chi connectivity index (χ3v) is 3.29. The molecule has 0 bridgehead atoms. The molecule has 8 heteroatoms. The Hall–Kier alpha value is -2.93. The molecule has 24 heavy (non-hydrogen) atoms. The fraction of sp³-hybridized carbons (Fsp3) is 0.125. The molecule has 0 unspecified atom stereocenters. The Labute approximate surface area is 143 Å². The number of hydrogen-bond donors (Lipinski definition) is 2. The van der Waals surface area contributed by atoms with Gasteiger partial charge in [-0.25, -0.2) is 9.78 Å². The van der Waals surface area contributed by atoms with E-state index < -0.39 is 11.9 Å². The van der Waals surface area contributed by atoms with Crippen molar-refractivity contribution in [1.82, 2.24) is 4.98 Å². The van der Waals surface area contributed by atoms with E-state index in [9.17, 15) is 14.4 Å². The summed E-state index contributed by atoms with van der Waals surface area (Å²) < 4.78 is 4.63. The van der Waals surface area contributed by atoms with Crippen molar-refractivity contribution in [2.24, 2.45) is 0 Å². The molecular formula is C16H14ClN3O4. The van der Waals surface area contributed by atoms with E-state index in [1.54, 1.807) is 0 Å². The minimum absolute atomic E-state index is 0.254. The fourth-order valence-corrected chi connectivity index (χ4v) is 2.05. The second kappa shape index (κ2) is 7.56. The maximum atomic E-state index is 12.3. The Morgan fingerprint density at radius 1 is 1.08 bits per heavy atom. The zero-order valence-corrected chi connectivity index (χ0v) is 13.7. The van der Waals surface area contributed by atoms with Gasteiger partial charge in [-0.3, -0.25) is 9.59 Å². The zero-order valence-electron chi connectivity index (χ0n) is 12.9. The van der Waals surface area contributed by atoms with Crippen LogP contribution in [0, 0.1) is 0 Å². The fourth-order valence-electron chi connectivity index (χ4n) is 1.88. The monoisotopic (exact) mass is 347 g/mol. The molecule has 0 aliphatic carbocycles. The van der Waals surface area contributed by atoms with Crippen LogP contribution < -0.4 is 10.6 Å². The molecule has 1 aromatic heterocycles. The molecule has 0 fully saturated rings. The molecule has 0 saturated carbocycles. The highest BCUT2D eigenvalue weighted by molar-refractivity contribution is 6.34. The molecule has 2 aromatic rings. The smallest absolute Gasteiger partial charge is 0.337 e. The lowest BCUT2D eigenvalue weighted by molar-refractivity contribution is -0.114. The van der Waals surface area contributed by atoms with Crippen LogP contribution in [0.3, 0.4) is 0 Å². The highest BCUT2D eigenvalue weighted by atomic mass is 35.5. The van der Waals surface area contributed by atoms with Crippen molar-refractivity contribution in [3.8, 4) is 0 Å². The van der Waals surface area contributed by atoms with Gasteiger partial charge in [-0.05, 0) is 30.3 Å². The number of rotatable bonds is 4. The largest absolute Gasteiger partial charge is 0.465 e. The van der Waals surface area contributed by atoms with E-state index in [0.717, 1.165) is 0 Å². The molecule has 2 N–H and O–H groups in total. The van der Waals surface area contributed by atoms with Crippen molar-refractivity contribution in [3.05, 3.63) is 52.7 Å². The van der Waals surface area contributed by atoms with Gasteiger partial charge in [-0.1, -0.05) is 11.6 Å². The first-order chi connectivity index (χ1) is 11.4. The SMILES string of the molecule is COC(=O)c1ccc(Cl)c(NC(=O)c2ccnc(NC(C)=O)c2)c1. The summed E-state index contributed by atoms with van der Waals surface area (Å²) in [4.78, 5) is 38.9. The summed E-state index contributed by atoms with van der Waals surface area (Å²) in [6.45, 7) is 1.34. The van der Waals surface area contributed by atoms with Crippen molar-refractivity contribution in [2.75, 3.05) is 17.7 Å². The Morgan fingerprint density at radius 3 is 2.50 bits per heavy atom. The predicted octanol–water partition coefficient (Wildman–Crippen LogP) is 2.73. The number of carbonyl (C=O) groups excluding carboxylic acids is 3. The average Bonchev–Trinajstić information content (AvgIpc) is 2.55. The van der Waals surface area contributed by atoms with Crippen molar-refractivity contribution >= 4 is 40.9 Å². The highest BCUT2D eigenvalue weighted by Crippen LogP contribution is 2.24. The van der Waals surface area contributed by atoms with Crippen LogP contribution >= 0.6 is 11.6 Å². The Balaban J connectivity index is 2.23. The van der Waals surface area contributed by atoms with Crippen LogP contribution in [0.1, 0.15) is 27.6 Å². The van der Waals surface area contributed by atoms with E-state index in [1.807, 2.05) is 0 Å². The van der Waals surface area contributed by atoms with Gasteiger partial charge in [0.1, 0.15) is 5.82 Å². The van der Waals surface area contributed by atoms with Gasteiger partial charge in [0.25, 0.3) is 5.91 Å². The normalized spacial score (nSPS) is 9.96. The third kappa shape index (κ3) is 4.30. The van der Waals surface area contributed by atoms with Crippen molar-refractivity contribution in [2.45, 2.75) is 6.92 Å². The van der Waals surface area contributed by atoms with Crippen LogP contribution in [0.5, 0.6) is 0 Å². The lowest BCUT2D eigenvalue weighted by atomic mass is 10.2. The highest BCUT2D eigenvalue weighted by Gasteiger charge is 2.13. The zero-order chi connectivity index (χ0) is 17.7. The lowest BCUT2D eigenvalue weighted by Gasteiger charge is -2.09. The van der Waals surface area contributed by atoms with Crippen LogP contribution in [-0.4, -0.2) is 29.9 Å². The first-order valence-electron chi connectivity index (χ1n) is 6.83. The number of pyridine rings is 1. The van der Waals surface area contributed by atoms with E-state index in [-0.39, 0.29) is 33.6 Å². The van der Waals surface area contributed by atoms with Gasteiger partial charge in [-0.2, -0.15) is 0 Å². The first kappa shape index (κ1) is 17.4. The Kier molecular flexibility index (Phi) is 5.49. The van der Waals surface area contributed by atoms with Crippen molar-refractivity contribution in [1.29, 1.82) is 0 Å². The maximum absolute atomic E-state index is 12.3. The van der Waals surface area contributed by atoms with Crippen LogP contribution in [0.15, 0.2) is 36.5 Å². The van der Waals surface area contributed by atoms with Gasteiger partial charge in [0.15, 0.2) is 0 Å². The molecule has 0 aliphatic heterocycles. The molecule has 1 heterocycles. The topological polar surface area (TPSA) is 97.4 Å². The van der Waals surface area contributed by atoms with Gasteiger partial charge in [-0.15, -0.1) is 0 Å². The van der Waals surface area contributed by atoms with E-state index >= 15 is 0 Å². The number of halogens is 1. The van der Waals surface area contributed by atoms with E-state index in [2.05, 4.69) is 20.4 Å². The van der Waals surface area contributed by atoms with E-state index in [0.29, 0.717) is 0 Å². The van der Waals surface area contributed by atoms with Crippen LogP contribution in [0.25, 0.3) is 0 Å². The van der Waals surface area contributed by atoms with E-state index in [4.69, 9.17) is 11.6 Å². The summed E-state index contributed by atoms with van der Waals surface area (Å²) in [5.74, 6) is -1.05. The number of nitrogens with one attached hydrogen (secondary N) is 2. The van der Waals surface area contributed by atoms with Gasteiger partial charge in [0.05, 0.1) is 23.4 Å². The van der Waals surface area contributed by atoms with Gasteiger partial charge < -0.3 is 15.4 Å². The number of carbonyl (C=O) groups is 3. The number of esters is 1. The molecule has 124 valence electrons. The molecule has 0 radical (unpaired) electrons. The summed E-state index contributed by atoms with van der Waals surface area (Å²) in [7, 11) is 1.26. The number of amides is 2. The Bertz CT molecular complexity index is 808. The predicted molar refractivity (Wildman–Crippen MR) is 89.3 cm³/mol. The van der Waals surface area contributed by atoms with Gasteiger partial charge in [0, 0.05) is 18.7 Å². The number of aromatic nitrogens is 1. The molecule has 7 nitrogen and oxygen atoms in total. The third-order valence-electron chi connectivity index (χ3n) is 2.96. The second-order valence-electron chi connectivity index (χ2n) is 4.75. The lowest BCUT2D eigenvalue weighted by Crippen LogP contribution is -2.14. The van der Waals surface area contributed by atoms with Gasteiger partial charge >= 0.3 is 5.97 Å². The summed E-state index contributed by atoms with van der Waals surface area (Å²) in [6.07, 6.45) is 1.40. The number of ether oxygens (including phenoxy) is 1. The molecule has 1 aromatic carbocycles. The number of hydrogen-bond acceptors (Lipinski definition) is 5. The van der Waals surface area contributed by atoms with Crippen molar-refractivity contribution < 1.29 is 19.1 Å². The second-order valence-corrected chi connectivity index (χ2v) is 5.16. The number of methoxy groups -OCH3 is 1. The summed E-state index contributed by atoms with van der Waals surface area (Å²) >= 11 is 6.04. The van der Waals surface area contributed by atoms with Crippen molar-refractivity contribution in [3.63, 3.8) is 0 Å². The molecule has 0 spiro atoms. The average molecular weight is 348 g/mol. The molecule has 0 aliphatic rings. The van der Waals surface area contributed by atoms with Crippen LogP contribution in [0.2, 0.25) is 5.02 Å². The number of nitrogens with zero attached hydrogens (tertiary/aromatic N) is 1. The van der Waals surface area contributed by atoms with Crippen LogP contribution in [0.4, 0.5) is 11.5 Å². The quantitative estimate of drug-likeness (QED) is 0.829. The number of anilines is 2. The molecule has 2 rings (SSSR count). The Morgan fingerprint density at radius 2 is 1.83 bits per heavy atom. The van der Waals surface area contributed by atoms with Gasteiger partial charge in [0.2, 0.25) is 5.91 Å². The minimum atomic E-state index is -0.543. The standard InChI is InChI=1S/C16H14ClN3O4/c1-9(21)19-14-8-10(5-6-18-14)15(22)20-13-7-11(16(23)24-2)3-4-12(13)17/h3-8H,1-2H3,(H,20,22)(H,18,19,21). The molecule has 0 atom stereocenters. The summed E-state index contributed by atoms with van der Waals surface area (Å²) in [6, 6.07) is 7.30. The molecular weight excluding hydrogens is 334 g/mol. The maximum Gasteiger partial charge on any atom is 0.337 e.